The molecule has 0 fully saturated rings. The van der Waals surface area contributed by atoms with Crippen LogP contribution in [0.5, 0.6) is 0 Å². The summed E-state index contributed by atoms with van der Waals surface area (Å²) in [7, 11) is 0. The van der Waals surface area contributed by atoms with Crippen LogP contribution in [0.2, 0.25) is 0 Å². The van der Waals surface area contributed by atoms with Gasteiger partial charge in [-0.15, -0.1) is 0 Å². The Hall–Kier alpha value is -5.15. The average molecular weight is 484 g/mol. The van der Waals surface area contributed by atoms with Gasteiger partial charge >= 0.3 is 0 Å². The fourth-order valence-electron chi connectivity index (χ4n) is 5.67. The molecule has 38 heavy (non-hydrogen) atoms. The molecule has 0 aliphatic heterocycles. The highest BCUT2D eigenvalue weighted by atomic mass is 15.0. The van der Waals surface area contributed by atoms with Gasteiger partial charge in [0.15, 0.2) is 17.5 Å². The lowest BCUT2D eigenvalue weighted by Gasteiger charge is -2.11. The predicted octanol–water partition coefficient (Wildman–Crippen LogP) is 8.83. The minimum absolute atomic E-state index is 0.673. The molecule has 6 aromatic carbocycles. The van der Waals surface area contributed by atoms with Crippen molar-refractivity contribution in [2.24, 2.45) is 0 Å². The van der Waals surface area contributed by atoms with Crippen molar-refractivity contribution in [3.63, 3.8) is 0 Å². The summed E-state index contributed by atoms with van der Waals surface area (Å²) in [5, 5.41) is 4.94. The molecule has 0 N–H and O–H groups in total. The van der Waals surface area contributed by atoms with E-state index in [1.807, 2.05) is 60.7 Å². The molecule has 176 valence electrons. The van der Waals surface area contributed by atoms with Crippen molar-refractivity contribution in [2.45, 2.75) is 0 Å². The van der Waals surface area contributed by atoms with Crippen LogP contribution >= 0.6 is 0 Å². The van der Waals surface area contributed by atoms with Crippen LogP contribution in [0.25, 0.3) is 78.0 Å². The lowest BCUT2D eigenvalue weighted by Crippen LogP contribution is -2.00. The minimum atomic E-state index is 0.673. The van der Waals surface area contributed by atoms with Crippen molar-refractivity contribution in [1.29, 1.82) is 0 Å². The van der Waals surface area contributed by atoms with E-state index in [4.69, 9.17) is 15.0 Å². The van der Waals surface area contributed by atoms with E-state index in [-0.39, 0.29) is 0 Å². The minimum Gasteiger partial charge on any atom is -0.208 e. The molecule has 0 saturated heterocycles. The molecule has 0 radical (unpaired) electrons. The van der Waals surface area contributed by atoms with E-state index in [2.05, 4.69) is 66.7 Å². The molecule has 1 heterocycles. The molecule has 0 saturated carbocycles. The Morgan fingerprint density at radius 3 is 1.45 bits per heavy atom. The molecule has 0 spiro atoms. The second-order valence-electron chi connectivity index (χ2n) is 9.67. The Morgan fingerprint density at radius 1 is 0.342 bits per heavy atom. The van der Waals surface area contributed by atoms with Crippen LogP contribution in [-0.4, -0.2) is 15.0 Å². The molecule has 1 aromatic heterocycles. The van der Waals surface area contributed by atoms with Crippen molar-refractivity contribution >= 4 is 21.5 Å². The number of rotatable bonds is 3. The third-order valence-corrected chi connectivity index (χ3v) is 7.45. The lowest BCUT2D eigenvalue weighted by atomic mass is 9.98. The first-order valence-electron chi connectivity index (χ1n) is 12.8. The van der Waals surface area contributed by atoms with E-state index in [9.17, 15) is 0 Å². The zero-order chi connectivity index (χ0) is 25.1. The van der Waals surface area contributed by atoms with E-state index in [0.29, 0.717) is 17.5 Å². The van der Waals surface area contributed by atoms with Crippen molar-refractivity contribution in [3.05, 3.63) is 127 Å². The van der Waals surface area contributed by atoms with Crippen molar-refractivity contribution in [3.8, 4) is 56.4 Å². The summed E-state index contributed by atoms with van der Waals surface area (Å²) in [4.78, 5) is 14.9. The Bertz CT molecular complexity index is 1910. The van der Waals surface area contributed by atoms with Gasteiger partial charge in [-0.2, -0.15) is 0 Å². The van der Waals surface area contributed by atoms with E-state index in [1.54, 1.807) is 0 Å². The van der Waals surface area contributed by atoms with Gasteiger partial charge in [0, 0.05) is 16.7 Å². The summed E-state index contributed by atoms with van der Waals surface area (Å²) in [5.41, 5.74) is 8.05. The number of hydrogen-bond acceptors (Lipinski definition) is 3. The summed E-state index contributed by atoms with van der Waals surface area (Å²) in [6, 6.07) is 44.4. The predicted molar refractivity (Wildman–Crippen MR) is 156 cm³/mol. The van der Waals surface area contributed by atoms with Crippen LogP contribution in [0.1, 0.15) is 0 Å². The molecule has 0 unspecified atom stereocenters. The largest absolute Gasteiger partial charge is 0.208 e. The molecular formula is C35H21N3. The molecule has 3 heteroatoms. The molecule has 7 aromatic rings. The zero-order valence-corrected chi connectivity index (χ0v) is 20.5. The summed E-state index contributed by atoms with van der Waals surface area (Å²) in [5.74, 6) is 2.03. The Labute approximate surface area is 220 Å². The Balaban J connectivity index is 1.39. The molecule has 0 amide bonds. The number of fused-ring (bicyclic) bond motifs is 4. The SMILES string of the molecule is c1ccc(-c2nc(-c3ccccc3)nc(-c3ccc4c5c(cccc35)-c3cc5ccccc5cc3-4)n2)cc1. The van der Waals surface area contributed by atoms with Crippen molar-refractivity contribution in [2.75, 3.05) is 0 Å². The lowest BCUT2D eigenvalue weighted by molar-refractivity contribution is 1.08. The summed E-state index contributed by atoms with van der Waals surface area (Å²) < 4.78 is 0. The van der Waals surface area contributed by atoms with Crippen LogP contribution in [0.4, 0.5) is 0 Å². The van der Waals surface area contributed by atoms with Gasteiger partial charge in [0.1, 0.15) is 0 Å². The van der Waals surface area contributed by atoms with Crippen LogP contribution in [0, 0.1) is 0 Å². The van der Waals surface area contributed by atoms with Crippen LogP contribution in [0.3, 0.4) is 0 Å². The normalized spacial score (nSPS) is 11.7. The van der Waals surface area contributed by atoms with Gasteiger partial charge in [0.05, 0.1) is 0 Å². The van der Waals surface area contributed by atoms with Gasteiger partial charge in [-0.3, -0.25) is 0 Å². The maximum absolute atomic E-state index is 5.00. The van der Waals surface area contributed by atoms with Gasteiger partial charge in [-0.1, -0.05) is 109 Å². The maximum Gasteiger partial charge on any atom is 0.164 e. The second kappa shape index (κ2) is 8.19. The summed E-state index contributed by atoms with van der Waals surface area (Å²) in [6.07, 6.45) is 0. The highest BCUT2D eigenvalue weighted by Crippen LogP contribution is 2.50. The highest BCUT2D eigenvalue weighted by Gasteiger charge is 2.24. The first kappa shape index (κ1) is 21.0. The van der Waals surface area contributed by atoms with E-state index in [1.165, 1.54) is 38.4 Å². The van der Waals surface area contributed by atoms with Gasteiger partial charge in [-0.25, -0.2) is 15.0 Å². The first-order chi connectivity index (χ1) is 18.8. The van der Waals surface area contributed by atoms with Crippen LogP contribution in [-0.2, 0) is 0 Å². The fraction of sp³-hybridized carbons (Fsp3) is 0. The van der Waals surface area contributed by atoms with Crippen molar-refractivity contribution < 1.29 is 0 Å². The van der Waals surface area contributed by atoms with Crippen LogP contribution in [0.15, 0.2) is 127 Å². The number of nitrogens with zero attached hydrogens (tertiary/aromatic N) is 3. The average Bonchev–Trinajstić information content (AvgIpc) is 3.31. The second-order valence-corrected chi connectivity index (χ2v) is 9.67. The number of hydrogen-bond donors (Lipinski definition) is 0. The van der Waals surface area contributed by atoms with Crippen molar-refractivity contribution in [1.82, 2.24) is 15.0 Å². The van der Waals surface area contributed by atoms with E-state index < -0.39 is 0 Å². The third kappa shape index (κ3) is 3.19. The Morgan fingerprint density at radius 2 is 0.842 bits per heavy atom. The van der Waals surface area contributed by atoms with E-state index >= 15 is 0 Å². The highest BCUT2D eigenvalue weighted by molar-refractivity contribution is 6.20. The molecule has 8 rings (SSSR count). The number of benzene rings is 6. The molecular weight excluding hydrogens is 462 g/mol. The molecule has 1 aliphatic rings. The van der Waals surface area contributed by atoms with E-state index in [0.717, 1.165) is 22.1 Å². The zero-order valence-electron chi connectivity index (χ0n) is 20.5. The third-order valence-electron chi connectivity index (χ3n) is 7.45. The molecule has 3 nitrogen and oxygen atoms in total. The molecule has 1 aliphatic carbocycles. The smallest absolute Gasteiger partial charge is 0.164 e. The van der Waals surface area contributed by atoms with Gasteiger partial charge in [-0.05, 0) is 62.0 Å². The summed E-state index contributed by atoms with van der Waals surface area (Å²) >= 11 is 0. The van der Waals surface area contributed by atoms with Gasteiger partial charge in [0.2, 0.25) is 0 Å². The monoisotopic (exact) mass is 483 g/mol. The van der Waals surface area contributed by atoms with Gasteiger partial charge in [0.25, 0.3) is 0 Å². The Kier molecular flexibility index (Phi) is 4.52. The molecule has 0 bridgehead atoms. The quantitative estimate of drug-likeness (QED) is 0.252. The van der Waals surface area contributed by atoms with Crippen LogP contribution < -0.4 is 0 Å². The topological polar surface area (TPSA) is 38.7 Å². The maximum atomic E-state index is 5.00. The summed E-state index contributed by atoms with van der Waals surface area (Å²) in [6.45, 7) is 0. The number of aromatic nitrogens is 3. The molecule has 0 atom stereocenters. The fourth-order valence-corrected chi connectivity index (χ4v) is 5.67. The standard InChI is InChI=1S/C35H21N3/c1-3-10-22(11-4-1)33-36-34(23-12-5-2-6-13-23)38-35(37-33)29-19-18-28-31-21-25-15-8-7-14-24(25)20-30(31)27-17-9-16-26(29)32(27)28/h1-21H. The van der Waals surface area contributed by atoms with Gasteiger partial charge < -0.3 is 0 Å². The first-order valence-corrected chi connectivity index (χ1v) is 12.8.